The monoisotopic (exact) mass is 424 g/mol. The van der Waals surface area contributed by atoms with Gasteiger partial charge in [0.25, 0.3) is 5.91 Å². The highest BCUT2D eigenvalue weighted by Gasteiger charge is 2.43. The van der Waals surface area contributed by atoms with Crippen LogP contribution in [0.4, 0.5) is 0 Å². The molecule has 2 aliphatic heterocycles. The lowest BCUT2D eigenvalue weighted by Crippen LogP contribution is -2.49. The Balaban J connectivity index is 1.39. The quantitative estimate of drug-likeness (QED) is 0.499. The molecule has 2 aromatic heterocycles. The minimum atomic E-state index is 0.0206. The first-order valence-electron chi connectivity index (χ1n) is 11.1. The van der Waals surface area contributed by atoms with Crippen molar-refractivity contribution in [1.29, 1.82) is 0 Å². The lowest BCUT2D eigenvalue weighted by Gasteiger charge is -2.45. The third-order valence-electron chi connectivity index (χ3n) is 6.77. The Labute approximate surface area is 186 Å². The van der Waals surface area contributed by atoms with E-state index in [1.165, 1.54) is 16.8 Å². The van der Waals surface area contributed by atoms with Gasteiger partial charge in [-0.3, -0.25) is 14.0 Å². The number of nitrogens with zero attached hydrogens (tertiary/aromatic N) is 6. The average molecular weight is 425 g/mol. The molecule has 32 heavy (non-hydrogen) atoms. The number of fused-ring (bicyclic) bond motifs is 4. The standard InChI is InChI=1S/C25H24N6O/c1-29-24(17-7-3-2-4-8-17)21-14-20-11-6-12-22(23(21)28-29)31(20)25(32)18-9-5-10-19(13-18)30-15-26-27-16-30/h2-5,7-10,13,15-16,20,22H,6,11-12,14H2,1H3/t20-,22+/m1/s1. The molecular formula is C25H24N6O. The van der Waals surface area contributed by atoms with Crippen molar-refractivity contribution < 1.29 is 4.79 Å². The fourth-order valence-corrected chi connectivity index (χ4v) is 5.39. The highest BCUT2D eigenvalue weighted by molar-refractivity contribution is 5.95. The van der Waals surface area contributed by atoms with Gasteiger partial charge in [-0.25, -0.2) is 0 Å². The second-order valence-electron chi connectivity index (χ2n) is 8.64. The Hall–Kier alpha value is -3.74. The van der Waals surface area contributed by atoms with Crippen molar-refractivity contribution >= 4 is 5.91 Å². The van der Waals surface area contributed by atoms with E-state index in [4.69, 9.17) is 5.10 Å². The third-order valence-corrected chi connectivity index (χ3v) is 6.77. The number of hydrogen-bond acceptors (Lipinski definition) is 4. The molecule has 7 heteroatoms. The fraction of sp³-hybridized carbons (Fsp3) is 0.280. The van der Waals surface area contributed by atoms with Crippen molar-refractivity contribution in [2.75, 3.05) is 0 Å². The van der Waals surface area contributed by atoms with Gasteiger partial charge in [-0.2, -0.15) is 5.10 Å². The van der Waals surface area contributed by atoms with Gasteiger partial charge in [0.2, 0.25) is 0 Å². The van der Waals surface area contributed by atoms with Crippen LogP contribution in [-0.2, 0) is 13.5 Å². The minimum absolute atomic E-state index is 0.0206. The molecule has 0 unspecified atom stereocenters. The van der Waals surface area contributed by atoms with Gasteiger partial charge in [0.1, 0.15) is 12.7 Å². The number of piperidine rings is 1. The van der Waals surface area contributed by atoms with Gasteiger partial charge in [-0.05, 0) is 43.9 Å². The number of rotatable bonds is 3. The summed E-state index contributed by atoms with van der Waals surface area (Å²) >= 11 is 0. The van der Waals surface area contributed by atoms with Crippen molar-refractivity contribution in [2.24, 2.45) is 7.05 Å². The van der Waals surface area contributed by atoms with E-state index in [2.05, 4.69) is 39.4 Å². The van der Waals surface area contributed by atoms with Crippen LogP contribution in [0.5, 0.6) is 0 Å². The number of amides is 1. The molecule has 2 aliphatic rings. The van der Waals surface area contributed by atoms with Gasteiger partial charge in [0.15, 0.2) is 0 Å². The first kappa shape index (κ1) is 19.0. The Kier molecular flexibility index (Phi) is 4.41. The van der Waals surface area contributed by atoms with Crippen LogP contribution in [-0.4, -0.2) is 41.4 Å². The number of carbonyl (C=O) groups is 1. The highest BCUT2D eigenvalue weighted by atomic mass is 16.2. The van der Waals surface area contributed by atoms with Crippen LogP contribution >= 0.6 is 0 Å². The average Bonchev–Trinajstić information content (AvgIpc) is 3.47. The molecular weight excluding hydrogens is 400 g/mol. The molecule has 0 saturated carbocycles. The van der Waals surface area contributed by atoms with Gasteiger partial charge in [0.05, 0.1) is 17.4 Å². The Bertz CT molecular complexity index is 1280. The maximum Gasteiger partial charge on any atom is 0.254 e. The van der Waals surface area contributed by atoms with E-state index in [0.717, 1.165) is 37.1 Å². The number of aromatic nitrogens is 5. The summed E-state index contributed by atoms with van der Waals surface area (Å²) in [5.41, 5.74) is 6.30. The molecule has 7 nitrogen and oxygen atoms in total. The predicted octanol–water partition coefficient (Wildman–Crippen LogP) is 3.96. The summed E-state index contributed by atoms with van der Waals surface area (Å²) in [4.78, 5) is 15.9. The summed E-state index contributed by atoms with van der Waals surface area (Å²) < 4.78 is 3.81. The minimum Gasteiger partial charge on any atom is -0.327 e. The first-order valence-corrected chi connectivity index (χ1v) is 11.1. The SMILES string of the molecule is Cn1nc2c(c1-c1ccccc1)C[C@H]1CCC[C@@H]2N1C(=O)c1cccc(-n2cnnc2)c1. The largest absolute Gasteiger partial charge is 0.327 e. The zero-order valence-corrected chi connectivity index (χ0v) is 17.9. The Morgan fingerprint density at radius 2 is 1.81 bits per heavy atom. The Morgan fingerprint density at radius 1 is 1.00 bits per heavy atom. The number of carbonyl (C=O) groups excluding carboxylic acids is 1. The van der Waals surface area contributed by atoms with Crippen LogP contribution < -0.4 is 0 Å². The lowest BCUT2D eigenvalue weighted by molar-refractivity contribution is 0.0392. The molecule has 6 rings (SSSR count). The molecule has 1 amide bonds. The Morgan fingerprint density at radius 3 is 2.62 bits per heavy atom. The zero-order chi connectivity index (χ0) is 21.7. The second kappa shape index (κ2) is 7.44. The fourth-order valence-electron chi connectivity index (χ4n) is 5.39. The number of benzene rings is 2. The van der Waals surface area contributed by atoms with E-state index in [1.807, 2.05) is 46.6 Å². The van der Waals surface area contributed by atoms with Crippen molar-refractivity contribution in [1.82, 2.24) is 29.4 Å². The summed E-state index contributed by atoms with van der Waals surface area (Å²) in [7, 11) is 2.01. The van der Waals surface area contributed by atoms with Crippen molar-refractivity contribution in [3.63, 3.8) is 0 Å². The van der Waals surface area contributed by atoms with Gasteiger partial charge >= 0.3 is 0 Å². The number of aryl methyl sites for hydroxylation is 1. The molecule has 4 aromatic rings. The van der Waals surface area contributed by atoms with Gasteiger partial charge < -0.3 is 4.90 Å². The van der Waals surface area contributed by atoms with Gasteiger partial charge in [-0.15, -0.1) is 10.2 Å². The second-order valence-corrected chi connectivity index (χ2v) is 8.64. The van der Waals surface area contributed by atoms with E-state index >= 15 is 0 Å². The lowest BCUT2D eigenvalue weighted by atomic mass is 9.81. The molecule has 0 spiro atoms. The number of hydrogen-bond donors (Lipinski definition) is 0. The van der Waals surface area contributed by atoms with Crippen LogP contribution in [0.1, 0.15) is 46.9 Å². The maximum absolute atomic E-state index is 13.8. The zero-order valence-electron chi connectivity index (χ0n) is 17.9. The molecule has 1 fully saturated rings. The van der Waals surface area contributed by atoms with Crippen LogP contribution in [0.15, 0.2) is 67.3 Å². The molecule has 0 radical (unpaired) electrons. The molecule has 4 heterocycles. The molecule has 2 bridgehead atoms. The van der Waals surface area contributed by atoms with Crippen LogP contribution in [0.3, 0.4) is 0 Å². The molecule has 1 saturated heterocycles. The molecule has 2 aromatic carbocycles. The van der Waals surface area contributed by atoms with Crippen LogP contribution in [0.2, 0.25) is 0 Å². The molecule has 2 atom stereocenters. The topological polar surface area (TPSA) is 68.8 Å². The highest BCUT2D eigenvalue weighted by Crippen LogP contribution is 2.45. The summed E-state index contributed by atoms with van der Waals surface area (Å²) in [6, 6.07) is 18.4. The summed E-state index contributed by atoms with van der Waals surface area (Å²) in [5.74, 6) is 0.0761. The van der Waals surface area contributed by atoms with E-state index in [-0.39, 0.29) is 18.0 Å². The summed E-state index contributed by atoms with van der Waals surface area (Å²) in [6.45, 7) is 0. The van der Waals surface area contributed by atoms with E-state index in [9.17, 15) is 4.79 Å². The van der Waals surface area contributed by atoms with E-state index in [0.29, 0.717) is 5.56 Å². The third kappa shape index (κ3) is 2.96. The summed E-state index contributed by atoms with van der Waals surface area (Å²) in [5, 5.41) is 12.7. The molecule has 0 aliphatic carbocycles. The smallest absolute Gasteiger partial charge is 0.254 e. The van der Waals surface area contributed by atoms with Crippen molar-refractivity contribution in [2.45, 2.75) is 37.8 Å². The molecule has 0 N–H and O–H groups in total. The van der Waals surface area contributed by atoms with Crippen LogP contribution in [0, 0.1) is 0 Å². The normalized spacial score (nSPS) is 19.6. The van der Waals surface area contributed by atoms with Crippen molar-refractivity contribution in [3.8, 4) is 16.9 Å². The predicted molar refractivity (Wildman–Crippen MR) is 120 cm³/mol. The van der Waals surface area contributed by atoms with Gasteiger partial charge in [-0.1, -0.05) is 36.4 Å². The first-order chi connectivity index (χ1) is 15.7. The molecule has 160 valence electrons. The van der Waals surface area contributed by atoms with Crippen LogP contribution in [0.25, 0.3) is 16.9 Å². The summed E-state index contributed by atoms with van der Waals surface area (Å²) in [6.07, 6.45) is 7.23. The maximum atomic E-state index is 13.8. The van der Waals surface area contributed by atoms with Crippen molar-refractivity contribution in [3.05, 3.63) is 84.1 Å². The van der Waals surface area contributed by atoms with E-state index < -0.39 is 0 Å². The van der Waals surface area contributed by atoms with E-state index in [1.54, 1.807) is 12.7 Å². The van der Waals surface area contributed by atoms with Gasteiger partial charge in [0, 0.05) is 35.5 Å².